The lowest BCUT2D eigenvalue weighted by Crippen LogP contribution is -2.30. The molecular formula is C24H33N. The summed E-state index contributed by atoms with van der Waals surface area (Å²) in [6, 6.07) is 17.6. The van der Waals surface area contributed by atoms with Crippen LogP contribution in [0.5, 0.6) is 0 Å². The zero-order valence-corrected chi connectivity index (χ0v) is 15.9. The molecule has 134 valence electrons. The van der Waals surface area contributed by atoms with E-state index in [0.717, 1.165) is 11.6 Å². The van der Waals surface area contributed by atoms with E-state index in [1.165, 1.54) is 62.5 Å². The molecule has 1 fully saturated rings. The molecule has 0 amide bonds. The summed E-state index contributed by atoms with van der Waals surface area (Å²) in [5, 5.41) is 0. The van der Waals surface area contributed by atoms with Crippen LogP contribution in [-0.2, 0) is 6.42 Å². The molecule has 0 heterocycles. The van der Waals surface area contributed by atoms with Crippen LogP contribution in [0.1, 0.15) is 74.5 Å². The highest BCUT2D eigenvalue weighted by atomic mass is 14.5. The highest BCUT2D eigenvalue weighted by Crippen LogP contribution is 2.49. The summed E-state index contributed by atoms with van der Waals surface area (Å²) in [5.74, 6) is 0.723. The van der Waals surface area contributed by atoms with Crippen molar-refractivity contribution in [3.05, 3.63) is 65.2 Å². The van der Waals surface area contributed by atoms with Crippen molar-refractivity contribution >= 4 is 5.69 Å². The molecule has 0 aromatic heterocycles. The van der Waals surface area contributed by atoms with Crippen molar-refractivity contribution in [2.45, 2.75) is 71.1 Å². The third-order valence-electron chi connectivity index (χ3n) is 6.19. The van der Waals surface area contributed by atoms with Crippen LogP contribution >= 0.6 is 0 Å². The van der Waals surface area contributed by atoms with E-state index in [-0.39, 0.29) is 0 Å². The van der Waals surface area contributed by atoms with Crippen molar-refractivity contribution in [2.75, 3.05) is 5.73 Å². The van der Waals surface area contributed by atoms with Crippen molar-refractivity contribution in [2.24, 2.45) is 5.41 Å². The minimum absolute atomic E-state index is 0.456. The topological polar surface area (TPSA) is 26.0 Å². The molecule has 2 unspecified atom stereocenters. The fourth-order valence-corrected chi connectivity index (χ4v) is 4.86. The van der Waals surface area contributed by atoms with Crippen molar-refractivity contribution in [3.63, 3.8) is 0 Å². The Hall–Kier alpha value is -1.76. The Morgan fingerprint density at radius 3 is 2.56 bits per heavy atom. The van der Waals surface area contributed by atoms with Gasteiger partial charge in [0.15, 0.2) is 0 Å². The second kappa shape index (κ2) is 8.08. The Morgan fingerprint density at radius 1 is 1.08 bits per heavy atom. The van der Waals surface area contributed by atoms with Crippen LogP contribution in [0, 0.1) is 12.3 Å². The molecule has 0 saturated heterocycles. The van der Waals surface area contributed by atoms with Gasteiger partial charge in [-0.1, -0.05) is 62.6 Å². The first kappa shape index (κ1) is 18.0. The summed E-state index contributed by atoms with van der Waals surface area (Å²) in [6.07, 6.45) is 10.6. The minimum Gasteiger partial charge on any atom is -0.399 e. The molecule has 25 heavy (non-hydrogen) atoms. The van der Waals surface area contributed by atoms with E-state index in [1.807, 2.05) is 0 Å². The van der Waals surface area contributed by atoms with Gasteiger partial charge in [-0.3, -0.25) is 0 Å². The van der Waals surface area contributed by atoms with E-state index >= 15 is 0 Å². The summed E-state index contributed by atoms with van der Waals surface area (Å²) in [6.45, 7) is 4.59. The Morgan fingerprint density at radius 2 is 1.84 bits per heavy atom. The van der Waals surface area contributed by atoms with Gasteiger partial charge in [-0.05, 0) is 79.2 Å². The number of rotatable bonds is 6. The molecule has 1 aliphatic carbocycles. The number of hydrogen-bond acceptors (Lipinski definition) is 1. The molecule has 0 aliphatic heterocycles. The maximum absolute atomic E-state index is 5.89. The van der Waals surface area contributed by atoms with Gasteiger partial charge in [-0.15, -0.1) is 0 Å². The summed E-state index contributed by atoms with van der Waals surface area (Å²) < 4.78 is 0. The van der Waals surface area contributed by atoms with E-state index < -0.39 is 0 Å². The Balaban J connectivity index is 1.83. The highest BCUT2D eigenvalue weighted by molar-refractivity contribution is 5.39. The number of anilines is 1. The summed E-state index contributed by atoms with van der Waals surface area (Å²) in [4.78, 5) is 0. The molecule has 2 atom stereocenters. The van der Waals surface area contributed by atoms with Crippen LogP contribution in [0.25, 0.3) is 0 Å². The fourth-order valence-electron chi connectivity index (χ4n) is 4.86. The summed E-state index contributed by atoms with van der Waals surface area (Å²) in [5.41, 5.74) is 11.7. The molecule has 0 radical (unpaired) electrons. The number of aryl methyl sites for hydroxylation is 1. The zero-order valence-electron chi connectivity index (χ0n) is 15.9. The number of hydrogen-bond donors (Lipinski definition) is 1. The van der Waals surface area contributed by atoms with Gasteiger partial charge in [0.2, 0.25) is 0 Å². The smallest absolute Gasteiger partial charge is 0.0314 e. The molecule has 3 rings (SSSR count). The number of unbranched alkanes of at least 4 members (excludes halogenated alkanes) is 1. The fraction of sp³-hybridized carbons (Fsp3) is 0.500. The largest absolute Gasteiger partial charge is 0.399 e. The maximum atomic E-state index is 5.89. The monoisotopic (exact) mass is 335 g/mol. The molecule has 1 aliphatic rings. The Kier molecular flexibility index (Phi) is 5.83. The summed E-state index contributed by atoms with van der Waals surface area (Å²) >= 11 is 0. The van der Waals surface area contributed by atoms with Gasteiger partial charge in [0.25, 0.3) is 0 Å². The van der Waals surface area contributed by atoms with Gasteiger partial charge in [-0.2, -0.15) is 0 Å². The first-order chi connectivity index (χ1) is 12.1. The van der Waals surface area contributed by atoms with Crippen LogP contribution in [0.2, 0.25) is 0 Å². The molecule has 2 N–H and O–H groups in total. The Labute approximate surface area is 153 Å². The van der Waals surface area contributed by atoms with Crippen molar-refractivity contribution in [3.8, 4) is 0 Å². The minimum atomic E-state index is 0.456. The third kappa shape index (κ3) is 4.45. The van der Waals surface area contributed by atoms with Gasteiger partial charge in [-0.25, -0.2) is 0 Å². The van der Waals surface area contributed by atoms with Gasteiger partial charge in [0, 0.05) is 5.69 Å². The Bertz CT molecular complexity index is 673. The summed E-state index contributed by atoms with van der Waals surface area (Å²) in [7, 11) is 0. The molecule has 2 aromatic carbocycles. The average molecular weight is 336 g/mol. The SMILES string of the molecule is CCCCC1(Cc2ccc(N)cc2)CCCC(c2ccccc2C)C1. The molecule has 1 nitrogen and oxygen atoms in total. The van der Waals surface area contributed by atoms with E-state index in [0.29, 0.717) is 5.41 Å². The van der Waals surface area contributed by atoms with Gasteiger partial charge < -0.3 is 5.73 Å². The second-order valence-electron chi connectivity index (χ2n) is 8.17. The molecule has 0 bridgehead atoms. The van der Waals surface area contributed by atoms with Crippen LogP contribution in [0.4, 0.5) is 5.69 Å². The van der Waals surface area contributed by atoms with Crippen molar-refractivity contribution in [1.82, 2.24) is 0 Å². The van der Waals surface area contributed by atoms with E-state index in [4.69, 9.17) is 5.73 Å². The lowest BCUT2D eigenvalue weighted by atomic mass is 9.63. The predicted molar refractivity (Wildman–Crippen MR) is 109 cm³/mol. The maximum Gasteiger partial charge on any atom is 0.0314 e. The van der Waals surface area contributed by atoms with E-state index in [2.05, 4.69) is 62.4 Å². The molecular weight excluding hydrogens is 302 g/mol. The molecule has 1 heteroatoms. The van der Waals surface area contributed by atoms with Crippen LogP contribution in [0.15, 0.2) is 48.5 Å². The quantitative estimate of drug-likeness (QED) is 0.587. The predicted octanol–water partition coefficient (Wildman–Crippen LogP) is 6.65. The first-order valence-electron chi connectivity index (χ1n) is 10.0. The standard InChI is InChI=1S/C24H33N/c1-3-4-15-24(17-20-11-13-22(25)14-12-20)16-7-9-21(18-24)23-10-6-5-8-19(23)2/h5-6,8,10-14,21H,3-4,7,9,15-18,25H2,1-2H3. The van der Waals surface area contributed by atoms with Crippen LogP contribution in [0.3, 0.4) is 0 Å². The van der Waals surface area contributed by atoms with Crippen molar-refractivity contribution < 1.29 is 0 Å². The van der Waals surface area contributed by atoms with Crippen LogP contribution < -0.4 is 5.73 Å². The third-order valence-corrected chi connectivity index (χ3v) is 6.19. The molecule has 2 aromatic rings. The van der Waals surface area contributed by atoms with E-state index in [9.17, 15) is 0 Å². The van der Waals surface area contributed by atoms with Gasteiger partial charge >= 0.3 is 0 Å². The second-order valence-corrected chi connectivity index (χ2v) is 8.17. The lowest BCUT2D eigenvalue weighted by Gasteiger charge is -2.42. The lowest BCUT2D eigenvalue weighted by molar-refractivity contribution is 0.149. The van der Waals surface area contributed by atoms with Crippen molar-refractivity contribution in [1.29, 1.82) is 0 Å². The highest BCUT2D eigenvalue weighted by Gasteiger charge is 2.36. The molecule has 0 spiro atoms. The number of nitrogen functional groups attached to an aromatic ring is 1. The normalized spacial score (nSPS) is 23.5. The zero-order chi connectivity index (χ0) is 17.7. The van der Waals surface area contributed by atoms with Crippen LogP contribution in [-0.4, -0.2) is 0 Å². The first-order valence-corrected chi connectivity index (χ1v) is 10.0. The number of benzene rings is 2. The molecule has 1 saturated carbocycles. The van der Waals surface area contributed by atoms with Gasteiger partial charge in [0.1, 0.15) is 0 Å². The average Bonchev–Trinajstić information content (AvgIpc) is 2.63. The number of nitrogens with two attached hydrogens (primary N) is 1. The van der Waals surface area contributed by atoms with Gasteiger partial charge in [0.05, 0.1) is 0 Å². The van der Waals surface area contributed by atoms with E-state index in [1.54, 1.807) is 5.56 Å².